The van der Waals surface area contributed by atoms with Gasteiger partial charge in [0.2, 0.25) is 11.8 Å². The van der Waals surface area contributed by atoms with Gasteiger partial charge in [-0.15, -0.1) is 6.42 Å². The van der Waals surface area contributed by atoms with Crippen molar-refractivity contribution in [3.63, 3.8) is 0 Å². The first-order chi connectivity index (χ1) is 43.2. The summed E-state index contributed by atoms with van der Waals surface area (Å²) in [6.45, 7) is 18.8. The number of nitrogens with zero attached hydrogens (tertiary/aromatic N) is 12. The van der Waals surface area contributed by atoms with Gasteiger partial charge in [0.25, 0.3) is 0 Å². The fourth-order valence-corrected chi connectivity index (χ4v) is 13.9. The highest BCUT2D eigenvalue weighted by atomic mass is 19.1. The van der Waals surface area contributed by atoms with Gasteiger partial charge in [0.1, 0.15) is 52.8 Å². The molecule has 5 aliphatic rings. The van der Waals surface area contributed by atoms with Crippen molar-refractivity contribution in [2.45, 2.75) is 115 Å². The monoisotopic (exact) mass is 1230 g/mol. The molecule has 4 aromatic heterocycles. The standard InChI is InChI=1S/C67H79F2N13O8/c1-9-49-52(68)17-14-44-30-47(83)31-50(58(44)49)60-59(69)61-51(34-70-60)62(80-36-45-15-16-46(37-80)82(45)66(87)89-67(5,6)7)74-65(73-61)88-29-28-77-22-19-41(20-23-77)35-78-24-26-79(27-25-78)56-33-55(90-75-56)57(39(2)3)64(86)81-38-48(84)32-54(81)63(85)72-40(4)42-10-12-43(13-11-42)53-18-21-71-76(53)8/h1,10-14,17-18,21,30-31,33-34,39-41,45-46,48,54,57,83-84H,15-16,19-20,22-29,32,35-38H2,2-8H3,(H,72,85)/t40-,45?,46?,48+,54-,57-/m0/s1. The number of halogens is 2. The van der Waals surface area contributed by atoms with E-state index in [2.05, 4.69) is 46.2 Å². The summed E-state index contributed by atoms with van der Waals surface area (Å²) in [5, 5.41) is 34.4. The van der Waals surface area contributed by atoms with Crippen molar-refractivity contribution in [1.29, 1.82) is 0 Å². The minimum absolute atomic E-state index is 0.0280. The minimum atomic E-state index is -0.846. The average Bonchev–Trinajstić information content (AvgIpc) is 1.01. The summed E-state index contributed by atoms with van der Waals surface area (Å²) in [7, 11) is 1.89. The number of β-amino-alcohol motifs (C(OH)–C–C–N with tert-alkyl or cyclic N) is 1. The number of nitrogens with one attached hydrogen (secondary N) is 1. The molecule has 0 saturated carbocycles. The third-order valence-electron chi connectivity index (χ3n) is 18.5. The van der Waals surface area contributed by atoms with Crippen LogP contribution in [-0.2, 0) is 21.4 Å². The number of phenolic OH excluding ortho intramolecular Hbond substituents is 1. The molecule has 0 spiro atoms. The molecule has 2 bridgehead atoms. The van der Waals surface area contributed by atoms with E-state index in [9.17, 15) is 24.6 Å². The highest BCUT2D eigenvalue weighted by molar-refractivity contribution is 6.03. The molecule has 21 nitrogen and oxygen atoms in total. The summed E-state index contributed by atoms with van der Waals surface area (Å²) < 4.78 is 52.4. The van der Waals surface area contributed by atoms with Crippen LogP contribution in [0.25, 0.3) is 44.2 Å². The summed E-state index contributed by atoms with van der Waals surface area (Å²) in [6, 6.07) is 15.6. The lowest BCUT2D eigenvalue weighted by Crippen LogP contribution is -2.57. The first-order valence-corrected chi connectivity index (χ1v) is 31.4. The average molecular weight is 1230 g/mol. The van der Waals surface area contributed by atoms with Gasteiger partial charge in [-0.2, -0.15) is 15.1 Å². The Morgan fingerprint density at radius 2 is 1.62 bits per heavy atom. The van der Waals surface area contributed by atoms with Gasteiger partial charge in [-0.3, -0.25) is 34.0 Å². The van der Waals surface area contributed by atoms with Gasteiger partial charge in [-0.25, -0.2) is 13.6 Å². The number of hydrogen-bond acceptors (Lipinski definition) is 17. The highest BCUT2D eigenvalue weighted by Crippen LogP contribution is 2.41. The number of ether oxygens (including phenoxy) is 2. The first kappa shape index (κ1) is 61.8. The Balaban J connectivity index is 0.655. The summed E-state index contributed by atoms with van der Waals surface area (Å²) in [5.41, 5.74) is 1.99. The number of rotatable bonds is 16. The molecule has 5 fully saturated rings. The number of likely N-dealkylation sites (tertiary alicyclic amines) is 2. The maximum atomic E-state index is 17.4. The van der Waals surface area contributed by atoms with E-state index in [4.69, 9.17) is 25.4 Å². The summed E-state index contributed by atoms with van der Waals surface area (Å²) in [4.78, 5) is 68.4. The van der Waals surface area contributed by atoms with Crippen LogP contribution in [0.1, 0.15) is 102 Å². The second kappa shape index (κ2) is 25.4. The molecule has 3 N–H and O–H groups in total. The molecule has 3 aromatic carbocycles. The Morgan fingerprint density at radius 3 is 2.30 bits per heavy atom. The largest absolute Gasteiger partial charge is 0.508 e. The van der Waals surface area contributed by atoms with Crippen molar-refractivity contribution in [2.24, 2.45) is 18.9 Å². The van der Waals surface area contributed by atoms with E-state index in [1.165, 1.54) is 35.4 Å². The number of terminal acetylenes is 1. The molecule has 2 unspecified atom stereocenters. The van der Waals surface area contributed by atoms with Crippen LogP contribution >= 0.6 is 0 Å². The van der Waals surface area contributed by atoms with Gasteiger partial charge < -0.3 is 44.2 Å². The van der Waals surface area contributed by atoms with Crippen molar-refractivity contribution < 1.29 is 47.4 Å². The number of aliphatic hydroxyl groups excluding tert-OH is 1. The number of phenols is 1. The van der Waals surface area contributed by atoms with Crippen LogP contribution in [-0.4, -0.2) is 186 Å². The molecule has 5 aliphatic heterocycles. The molecule has 7 aromatic rings. The lowest BCUT2D eigenvalue weighted by molar-refractivity contribution is -0.141. The molecule has 0 radical (unpaired) electrons. The van der Waals surface area contributed by atoms with Crippen LogP contribution in [0.3, 0.4) is 0 Å². The molecule has 9 heterocycles. The normalized spacial score (nSPS) is 20.9. The van der Waals surface area contributed by atoms with Crippen molar-refractivity contribution in [3.8, 4) is 46.6 Å². The van der Waals surface area contributed by atoms with Crippen LogP contribution in [0.2, 0.25) is 0 Å². The van der Waals surface area contributed by atoms with Crippen molar-refractivity contribution in [2.75, 3.05) is 88.4 Å². The molecule has 474 valence electrons. The molecule has 0 aliphatic carbocycles. The number of aromatic hydroxyl groups is 1. The molecule has 12 rings (SSSR count). The second-order valence-electron chi connectivity index (χ2n) is 26.2. The molecule has 5 saturated heterocycles. The zero-order valence-corrected chi connectivity index (χ0v) is 52.1. The van der Waals surface area contributed by atoms with Crippen LogP contribution in [0.4, 0.5) is 25.2 Å². The number of aryl methyl sites for hydroxylation is 1. The van der Waals surface area contributed by atoms with Crippen LogP contribution in [0.5, 0.6) is 11.8 Å². The smallest absolute Gasteiger partial charge is 0.410 e. The zero-order chi connectivity index (χ0) is 63.3. The van der Waals surface area contributed by atoms with Gasteiger partial charge >= 0.3 is 12.1 Å². The van der Waals surface area contributed by atoms with Crippen molar-refractivity contribution >= 4 is 51.2 Å². The van der Waals surface area contributed by atoms with Gasteiger partial charge in [-0.05, 0) is 119 Å². The third-order valence-corrected chi connectivity index (χ3v) is 18.5. The number of piperidine rings is 1. The number of amides is 3. The molecule has 3 amide bonds. The van der Waals surface area contributed by atoms with Crippen LogP contribution in [0, 0.1) is 35.8 Å². The van der Waals surface area contributed by atoms with Gasteiger partial charge in [-0.1, -0.05) is 55.3 Å². The predicted octanol–water partition coefficient (Wildman–Crippen LogP) is 8.28. The number of fused-ring (bicyclic) bond motifs is 4. The molecule has 6 atom stereocenters. The van der Waals surface area contributed by atoms with E-state index in [-0.39, 0.29) is 101 Å². The lowest BCUT2D eigenvalue weighted by atomic mass is 9.91. The lowest BCUT2D eigenvalue weighted by Gasteiger charge is -2.42. The van der Waals surface area contributed by atoms with E-state index < -0.39 is 35.3 Å². The summed E-state index contributed by atoms with van der Waals surface area (Å²) >= 11 is 0. The van der Waals surface area contributed by atoms with E-state index in [1.54, 1.807) is 10.9 Å². The number of piperazine rings is 2. The maximum Gasteiger partial charge on any atom is 0.410 e. The van der Waals surface area contributed by atoms with Crippen molar-refractivity contribution in [1.82, 2.24) is 54.8 Å². The highest BCUT2D eigenvalue weighted by Gasteiger charge is 2.46. The number of pyridine rings is 1. The van der Waals surface area contributed by atoms with Crippen LogP contribution < -0.4 is 19.9 Å². The number of aliphatic hydroxyl groups is 1. The van der Waals surface area contributed by atoms with Gasteiger partial charge in [0.05, 0.1) is 40.9 Å². The first-order valence-electron chi connectivity index (χ1n) is 31.4. The van der Waals surface area contributed by atoms with Gasteiger partial charge in [0.15, 0.2) is 17.4 Å². The van der Waals surface area contributed by atoms with Gasteiger partial charge in [0, 0.05) is 102 Å². The zero-order valence-electron chi connectivity index (χ0n) is 52.1. The fraction of sp³-hybridized carbons (Fsp3) is 0.493. The molecular weight excluding hydrogens is 1150 g/mol. The number of anilines is 2. The molecule has 90 heavy (non-hydrogen) atoms. The number of carbonyl (C=O) groups excluding carboxylic acids is 3. The SMILES string of the molecule is C#Cc1c(F)ccc2cc(O)cc(-c3ncc4c(N5CC6CCC(C5)N6C(=O)OC(C)(C)C)nc(OCCN5CCC(CN6CCN(c7cc([C@@H](C(=O)N8C[C@H](O)C[C@H]8C(=O)N[C@@H](C)c8ccc(-c9ccnn9C)cc8)C(C)C)on7)CC6)CC5)nc4c3F)c12. The molecular formula is C67H79F2N13O8. The number of benzene rings is 3. The van der Waals surface area contributed by atoms with Crippen LogP contribution in [0.15, 0.2) is 77.6 Å². The predicted molar refractivity (Wildman–Crippen MR) is 336 cm³/mol. The summed E-state index contributed by atoms with van der Waals surface area (Å²) in [6.07, 6.45) is 11.5. The Kier molecular flexibility index (Phi) is 17.5. The fourth-order valence-electron chi connectivity index (χ4n) is 13.9. The van der Waals surface area contributed by atoms with E-state index in [0.29, 0.717) is 53.7 Å². The Bertz CT molecular complexity index is 3830. The Hall–Kier alpha value is -8.46. The quantitative estimate of drug-likeness (QED) is 0.0774. The Labute approximate surface area is 522 Å². The number of hydrogen-bond donors (Lipinski definition) is 3. The Morgan fingerprint density at radius 1 is 0.889 bits per heavy atom. The second-order valence-corrected chi connectivity index (χ2v) is 26.2. The topological polar surface area (TPSA) is 224 Å². The molecule has 23 heteroatoms. The van der Waals surface area contributed by atoms with E-state index >= 15 is 8.78 Å². The van der Waals surface area contributed by atoms with E-state index in [1.807, 2.05) is 94.8 Å². The van der Waals surface area contributed by atoms with Crippen molar-refractivity contribution in [3.05, 3.63) is 102 Å². The van der Waals surface area contributed by atoms with E-state index in [0.717, 1.165) is 88.3 Å². The minimum Gasteiger partial charge on any atom is -0.508 e. The maximum absolute atomic E-state index is 17.4. The third kappa shape index (κ3) is 12.7. The number of aromatic nitrogens is 6. The number of carbonyl (C=O) groups is 3. The summed E-state index contributed by atoms with van der Waals surface area (Å²) in [5.74, 6) is 1.24.